The number of thioether (sulfide) groups is 1. The summed E-state index contributed by atoms with van der Waals surface area (Å²) in [6, 6.07) is 0. The van der Waals surface area contributed by atoms with Gasteiger partial charge >= 0.3 is 29.8 Å². The summed E-state index contributed by atoms with van der Waals surface area (Å²) in [6.45, 7) is 26.3. The lowest BCUT2D eigenvalue weighted by Gasteiger charge is -2.38. The van der Waals surface area contributed by atoms with Crippen molar-refractivity contribution in [3.8, 4) is 0 Å². The highest BCUT2D eigenvalue weighted by molar-refractivity contribution is 7.99. The molecule has 2 rings (SSSR count). The van der Waals surface area contributed by atoms with Crippen molar-refractivity contribution in [3.63, 3.8) is 0 Å². The Balaban J connectivity index is 0.000000925. The minimum Gasteiger partial charge on any atom is -0.469 e. The van der Waals surface area contributed by atoms with Crippen molar-refractivity contribution >= 4 is 41.6 Å². The van der Waals surface area contributed by atoms with Crippen LogP contribution in [0.4, 0.5) is 0 Å². The minimum absolute atomic E-state index is 0.00271. The van der Waals surface area contributed by atoms with Crippen LogP contribution < -0.4 is 0 Å². The predicted molar refractivity (Wildman–Crippen MR) is 251 cm³/mol. The molecule has 0 spiro atoms. The van der Waals surface area contributed by atoms with Gasteiger partial charge < -0.3 is 28.8 Å². The number of fused-ring (bicyclic) bond motifs is 2. The van der Waals surface area contributed by atoms with E-state index < -0.39 is 28.9 Å². The first kappa shape index (κ1) is 59.7. The molecular formula is C50H92O11S. The average molecular weight is 901 g/mol. The standard InChI is InChI=1S/C18H32O7S.C18H36O2.C14H24O2/c1-7-17(2,3)16(22)25-11-13(19)10-24-14(20)8-9-26-12-18(4,5)15(21)23-6;1-5-7-8-9-10-11-12-13-14-15-16-20-17(19)18(3,4)6-2;1-5-6-12(15)16-11-9-10-7-8-14(11,4)13(10,2)3/h13,19H,7-12H2,1-6H3;5-16H2,1-4H3;10-11H,5-9H2,1-4H3. The molecule has 0 radical (unpaired) electrons. The maximum atomic E-state index is 11.8. The number of esters is 5. The van der Waals surface area contributed by atoms with E-state index in [0.29, 0.717) is 36.4 Å². The summed E-state index contributed by atoms with van der Waals surface area (Å²) in [6.07, 6.45) is 18.9. The van der Waals surface area contributed by atoms with E-state index in [2.05, 4.69) is 27.7 Å². The maximum absolute atomic E-state index is 11.8. The summed E-state index contributed by atoms with van der Waals surface area (Å²) >= 11 is 1.45. The molecule has 0 aromatic rings. The number of carbonyl (C=O) groups excluding carboxylic acids is 5. The van der Waals surface area contributed by atoms with Gasteiger partial charge in [0, 0.05) is 23.3 Å². The van der Waals surface area contributed by atoms with Crippen molar-refractivity contribution in [1.29, 1.82) is 0 Å². The van der Waals surface area contributed by atoms with Crippen molar-refractivity contribution in [1.82, 2.24) is 0 Å². The van der Waals surface area contributed by atoms with Gasteiger partial charge in [0.2, 0.25) is 0 Å². The molecule has 1 N–H and O–H groups in total. The van der Waals surface area contributed by atoms with Gasteiger partial charge in [-0.3, -0.25) is 24.0 Å². The van der Waals surface area contributed by atoms with E-state index in [4.69, 9.17) is 23.7 Å². The van der Waals surface area contributed by atoms with E-state index in [9.17, 15) is 29.1 Å². The van der Waals surface area contributed by atoms with E-state index in [0.717, 1.165) is 31.6 Å². The summed E-state index contributed by atoms with van der Waals surface area (Å²) in [5.41, 5.74) is -0.995. The molecule has 12 heteroatoms. The Kier molecular flexibility index (Phi) is 28.8. The van der Waals surface area contributed by atoms with Gasteiger partial charge in [0.15, 0.2) is 0 Å². The average Bonchev–Trinajstić information content (AvgIpc) is 3.56. The van der Waals surface area contributed by atoms with Crippen LogP contribution in [0.15, 0.2) is 0 Å². The summed E-state index contributed by atoms with van der Waals surface area (Å²) in [5.74, 6) is 0.581. The van der Waals surface area contributed by atoms with E-state index in [1.165, 1.54) is 89.5 Å². The van der Waals surface area contributed by atoms with Crippen LogP contribution in [0.25, 0.3) is 0 Å². The fourth-order valence-electron chi connectivity index (χ4n) is 7.46. The van der Waals surface area contributed by atoms with Crippen molar-refractivity contribution in [2.75, 3.05) is 38.4 Å². The molecule has 0 aliphatic heterocycles. The molecule has 0 saturated heterocycles. The van der Waals surface area contributed by atoms with Gasteiger partial charge in [-0.15, -0.1) is 0 Å². The van der Waals surface area contributed by atoms with Gasteiger partial charge in [-0.2, -0.15) is 11.8 Å². The SMILES string of the molecule is CCC(C)(C)C(=O)OCC(O)COC(=O)CCSCC(C)(C)C(=O)OC.CCCC(=O)OC1CC2CCC1(C)C2(C)C.CCCCCCCCCCCCOC(=O)C(C)(C)CC. The normalized spacial score (nSPS) is 19.5. The van der Waals surface area contributed by atoms with Gasteiger partial charge in [0.1, 0.15) is 25.4 Å². The van der Waals surface area contributed by atoms with Crippen molar-refractivity contribution in [3.05, 3.63) is 0 Å². The zero-order valence-corrected chi connectivity index (χ0v) is 42.7. The van der Waals surface area contributed by atoms with Crippen LogP contribution in [0.2, 0.25) is 0 Å². The van der Waals surface area contributed by atoms with Gasteiger partial charge in [0.25, 0.3) is 0 Å². The Morgan fingerprint density at radius 1 is 0.661 bits per heavy atom. The monoisotopic (exact) mass is 901 g/mol. The van der Waals surface area contributed by atoms with Crippen molar-refractivity contribution in [2.45, 2.75) is 218 Å². The number of aliphatic hydroxyl groups is 1. The molecule has 2 bridgehead atoms. The van der Waals surface area contributed by atoms with E-state index in [-0.39, 0.29) is 54.5 Å². The summed E-state index contributed by atoms with van der Waals surface area (Å²) in [4.78, 5) is 58.3. The highest BCUT2D eigenvalue weighted by Crippen LogP contribution is 2.66. The zero-order valence-electron chi connectivity index (χ0n) is 41.9. The number of rotatable bonds is 28. The molecule has 4 atom stereocenters. The minimum atomic E-state index is -1.05. The topological polar surface area (TPSA) is 152 Å². The summed E-state index contributed by atoms with van der Waals surface area (Å²) < 4.78 is 25.7. The van der Waals surface area contributed by atoms with Crippen LogP contribution in [0.3, 0.4) is 0 Å². The van der Waals surface area contributed by atoms with Crippen molar-refractivity contribution in [2.24, 2.45) is 33.0 Å². The van der Waals surface area contributed by atoms with Crippen LogP contribution >= 0.6 is 11.8 Å². The third kappa shape index (κ3) is 21.6. The first-order chi connectivity index (χ1) is 28.9. The number of methoxy groups -OCH3 is 1. The van der Waals surface area contributed by atoms with Crippen molar-refractivity contribution < 1.29 is 52.8 Å². The third-order valence-electron chi connectivity index (χ3n) is 13.5. The molecule has 62 heavy (non-hydrogen) atoms. The lowest BCUT2D eigenvalue weighted by atomic mass is 9.70. The maximum Gasteiger partial charge on any atom is 0.312 e. The number of aliphatic hydroxyl groups excluding tert-OH is 1. The van der Waals surface area contributed by atoms with E-state index >= 15 is 0 Å². The quantitative estimate of drug-likeness (QED) is 0.0452. The first-order valence-corrected chi connectivity index (χ1v) is 25.1. The number of hydrogen-bond donors (Lipinski definition) is 1. The molecule has 0 aromatic carbocycles. The Morgan fingerprint density at radius 3 is 1.65 bits per heavy atom. The molecule has 364 valence electrons. The second-order valence-electron chi connectivity index (χ2n) is 20.2. The van der Waals surface area contributed by atoms with Gasteiger partial charge in [-0.25, -0.2) is 0 Å². The van der Waals surface area contributed by atoms with Gasteiger partial charge in [-0.05, 0) is 97.8 Å². The number of hydrogen-bond acceptors (Lipinski definition) is 12. The number of ether oxygens (including phenoxy) is 5. The van der Waals surface area contributed by atoms with Gasteiger partial charge in [-0.1, -0.05) is 106 Å². The van der Waals surface area contributed by atoms with Gasteiger partial charge in [0.05, 0.1) is 36.4 Å². The fourth-order valence-corrected chi connectivity index (χ4v) is 8.55. The lowest BCUT2D eigenvalue weighted by molar-refractivity contribution is -0.160. The largest absolute Gasteiger partial charge is 0.469 e. The van der Waals surface area contributed by atoms with E-state index in [1.54, 1.807) is 27.7 Å². The third-order valence-corrected chi connectivity index (χ3v) is 15.0. The molecular weight excluding hydrogens is 809 g/mol. The molecule has 2 aliphatic carbocycles. The van der Waals surface area contributed by atoms with Crippen LogP contribution in [0, 0.1) is 33.0 Å². The zero-order chi connectivity index (χ0) is 47.6. The molecule has 2 saturated carbocycles. The van der Waals surface area contributed by atoms with Crippen LogP contribution in [-0.4, -0.2) is 85.6 Å². The fraction of sp³-hybridized carbons (Fsp3) is 0.900. The molecule has 4 unspecified atom stereocenters. The van der Waals surface area contributed by atoms with E-state index in [1.807, 2.05) is 34.6 Å². The number of carbonyl (C=O) groups is 5. The predicted octanol–water partition coefficient (Wildman–Crippen LogP) is 11.6. The highest BCUT2D eigenvalue weighted by Gasteiger charge is 2.62. The highest BCUT2D eigenvalue weighted by atomic mass is 32.2. The number of unbranched alkanes of at least 4 members (excludes halogenated alkanes) is 9. The molecule has 0 heterocycles. The lowest BCUT2D eigenvalue weighted by Crippen LogP contribution is -2.38. The smallest absolute Gasteiger partial charge is 0.312 e. The Bertz CT molecular complexity index is 1310. The van der Waals surface area contributed by atoms with Crippen LogP contribution in [-0.2, 0) is 47.7 Å². The summed E-state index contributed by atoms with van der Waals surface area (Å²) in [5, 5.41) is 9.74. The molecule has 11 nitrogen and oxygen atoms in total. The second-order valence-corrected chi connectivity index (χ2v) is 21.4. The molecule has 0 amide bonds. The summed E-state index contributed by atoms with van der Waals surface area (Å²) in [7, 11) is 1.35. The Morgan fingerprint density at radius 2 is 1.18 bits per heavy atom. The van der Waals surface area contributed by atoms with Crippen LogP contribution in [0.5, 0.6) is 0 Å². The second kappa shape index (κ2) is 30.0. The molecule has 2 aliphatic rings. The van der Waals surface area contributed by atoms with Crippen LogP contribution in [0.1, 0.15) is 206 Å². The molecule has 0 aromatic heterocycles. The first-order valence-electron chi connectivity index (χ1n) is 24.0. The Labute approximate surface area is 382 Å². The Hall–Kier alpha value is -2.34. The molecule has 2 fully saturated rings.